The Morgan fingerprint density at radius 1 is 1.62 bits per heavy atom. The molecular formula is C12H16N2O2. The van der Waals surface area contributed by atoms with Crippen LogP contribution >= 0.6 is 0 Å². The Labute approximate surface area is 94.5 Å². The minimum absolute atomic E-state index is 0.0994. The molecule has 86 valence electrons. The third-order valence-corrected chi connectivity index (χ3v) is 3.41. The molecular weight excluding hydrogens is 204 g/mol. The fourth-order valence-electron chi connectivity index (χ4n) is 2.61. The average molecular weight is 220 g/mol. The Morgan fingerprint density at radius 3 is 3.12 bits per heavy atom. The smallest absolute Gasteiger partial charge is 0.304 e. The van der Waals surface area contributed by atoms with Crippen LogP contribution in [0.15, 0.2) is 18.3 Å². The summed E-state index contributed by atoms with van der Waals surface area (Å²) in [7, 11) is 0. The van der Waals surface area contributed by atoms with Gasteiger partial charge < -0.3 is 10.8 Å². The Bertz CT molecular complexity index is 406. The summed E-state index contributed by atoms with van der Waals surface area (Å²) in [6.07, 6.45) is 4.59. The largest absolute Gasteiger partial charge is 0.481 e. The number of carboxylic acid groups (broad SMARTS) is 1. The van der Waals surface area contributed by atoms with Crippen LogP contribution in [-0.2, 0) is 16.6 Å². The normalized spacial score (nSPS) is 23.8. The lowest BCUT2D eigenvalue weighted by Crippen LogP contribution is -2.40. The second-order valence-electron chi connectivity index (χ2n) is 4.41. The van der Waals surface area contributed by atoms with Crippen molar-refractivity contribution in [3.8, 4) is 0 Å². The van der Waals surface area contributed by atoms with E-state index in [9.17, 15) is 4.79 Å². The van der Waals surface area contributed by atoms with Crippen molar-refractivity contribution in [1.82, 2.24) is 4.98 Å². The molecule has 0 saturated carbocycles. The van der Waals surface area contributed by atoms with Crippen LogP contribution in [0.25, 0.3) is 0 Å². The van der Waals surface area contributed by atoms with Crippen molar-refractivity contribution in [3.05, 3.63) is 29.6 Å². The predicted octanol–water partition coefficient (Wildman–Crippen LogP) is 1.09. The van der Waals surface area contributed by atoms with Gasteiger partial charge in [0.25, 0.3) is 0 Å². The monoisotopic (exact) mass is 220 g/mol. The van der Waals surface area contributed by atoms with Crippen molar-refractivity contribution in [2.24, 2.45) is 5.73 Å². The molecule has 0 amide bonds. The lowest BCUT2D eigenvalue weighted by atomic mass is 9.69. The molecule has 0 bridgehead atoms. The Kier molecular flexibility index (Phi) is 2.92. The van der Waals surface area contributed by atoms with Gasteiger partial charge in [-0.25, -0.2) is 0 Å². The molecule has 1 atom stereocenters. The number of aryl methyl sites for hydroxylation is 1. The summed E-state index contributed by atoms with van der Waals surface area (Å²) in [5.41, 5.74) is 7.45. The molecule has 1 heterocycles. The number of nitrogens with zero attached hydrogens (tertiary/aromatic N) is 1. The third-order valence-electron chi connectivity index (χ3n) is 3.41. The Balaban J connectivity index is 2.44. The number of hydrogen-bond donors (Lipinski definition) is 2. The highest BCUT2D eigenvalue weighted by Crippen LogP contribution is 2.38. The second kappa shape index (κ2) is 4.22. The Hall–Kier alpha value is -1.42. The maximum absolute atomic E-state index is 11.0. The van der Waals surface area contributed by atoms with E-state index in [-0.39, 0.29) is 6.42 Å². The van der Waals surface area contributed by atoms with Crippen LogP contribution < -0.4 is 5.73 Å². The van der Waals surface area contributed by atoms with Crippen molar-refractivity contribution in [1.29, 1.82) is 0 Å². The molecule has 4 heteroatoms. The first-order valence-electron chi connectivity index (χ1n) is 5.54. The average Bonchev–Trinajstić information content (AvgIpc) is 2.29. The van der Waals surface area contributed by atoms with Crippen LogP contribution in [0.2, 0.25) is 0 Å². The maximum Gasteiger partial charge on any atom is 0.304 e. The van der Waals surface area contributed by atoms with Gasteiger partial charge in [-0.2, -0.15) is 0 Å². The number of aliphatic carboxylic acids is 1. The number of fused-ring (bicyclic) bond motifs is 1. The first kappa shape index (κ1) is 11.1. The molecule has 16 heavy (non-hydrogen) atoms. The highest BCUT2D eigenvalue weighted by Gasteiger charge is 2.37. The molecule has 0 radical (unpaired) electrons. The molecule has 0 aliphatic heterocycles. The van der Waals surface area contributed by atoms with Crippen LogP contribution in [0.1, 0.15) is 30.5 Å². The fraction of sp³-hybridized carbons (Fsp3) is 0.500. The summed E-state index contributed by atoms with van der Waals surface area (Å²) < 4.78 is 0. The fourth-order valence-corrected chi connectivity index (χ4v) is 2.61. The summed E-state index contributed by atoms with van der Waals surface area (Å²) in [6, 6.07) is 3.83. The van der Waals surface area contributed by atoms with Gasteiger partial charge in [-0.05, 0) is 30.9 Å². The van der Waals surface area contributed by atoms with E-state index in [4.69, 9.17) is 10.8 Å². The van der Waals surface area contributed by atoms with Crippen LogP contribution in [0.3, 0.4) is 0 Å². The van der Waals surface area contributed by atoms with Crippen LogP contribution in [-0.4, -0.2) is 22.6 Å². The van der Waals surface area contributed by atoms with Crippen molar-refractivity contribution in [2.45, 2.75) is 31.1 Å². The number of aromatic nitrogens is 1. The molecule has 1 unspecified atom stereocenters. The van der Waals surface area contributed by atoms with Crippen molar-refractivity contribution >= 4 is 5.97 Å². The van der Waals surface area contributed by atoms with Gasteiger partial charge in [0.05, 0.1) is 6.42 Å². The van der Waals surface area contributed by atoms with Gasteiger partial charge in [0, 0.05) is 23.9 Å². The van der Waals surface area contributed by atoms with Crippen LogP contribution in [0, 0.1) is 0 Å². The summed E-state index contributed by atoms with van der Waals surface area (Å²) in [6.45, 7) is 0.373. The molecule has 1 aromatic rings. The lowest BCUT2D eigenvalue weighted by Gasteiger charge is -2.36. The van der Waals surface area contributed by atoms with Gasteiger partial charge in [0.2, 0.25) is 0 Å². The number of nitrogens with two attached hydrogens (primary N) is 1. The van der Waals surface area contributed by atoms with Crippen molar-refractivity contribution < 1.29 is 9.90 Å². The van der Waals surface area contributed by atoms with Crippen molar-refractivity contribution in [2.75, 3.05) is 6.54 Å². The van der Waals surface area contributed by atoms with E-state index in [0.717, 1.165) is 30.5 Å². The molecule has 1 aliphatic rings. The lowest BCUT2D eigenvalue weighted by molar-refractivity contribution is -0.138. The summed E-state index contributed by atoms with van der Waals surface area (Å²) in [4.78, 5) is 15.3. The van der Waals surface area contributed by atoms with Gasteiger partial charge in [-0.15, -0.1) is 0 Å². The highest BCUT2D eigenvalue weighted by atomic mass is 16.4. The molecule has 0 spiro atoms. The molecule has 0 saturated heterocycles. The van der Waals surface area contributed by atoms with Gasteiger partial charge in [-0.1, -0.05) is 6.07 Å². The SMILES string of the molecule is NCC1(CC(=O)O)CCCc2ncccc21. The first-order chi connectivity index (χ1) is 7.68. The van der Waals surface area contributed by atoms with Crippen molar-refractivity contribution in [3.63, 3.8) is 0 Å². The van der Waals surface area contributed by atoms with E-state index < -0.39 is 11.4 Å². The second-order valence-corrected chi connectivity index (χ2v) is 4.41. The topological polar surface area (TPSA) is 76.2 Å². The van der Waals surface area contributed by atoms with Crippen LogP contribution in [0.4, 0.5) is 0 Å². The standard InChI is InChI=1S/C12H16N2O2/c13-8-12(7-11(15)16)5-1-4-10-9(12)3-2-6-14-10/h2-3,6H,1,4-5,7-8,13H2,(H,15,16). The van der Waals surface area contributed by atoms with Gasteiger partial charge >= 0.3 is 5.97 Å². The van der Waals surface area contributed by atoms with E-state index in [1.165, 1.54) is 0 Å². The maximum atomic E-state index is 11.0. The van der Waals surface area contributed by atoms with E-state index in [0.29, 0.717) is 6.54 Å². The number of hydrogen-bond acceptors (Lipinski definition) is 3. The zero-order valence-corrected chi connectivity index (χ0v) is 9.15. The third kappa shape index (κ3) is 1.80. The molecule has 2 rings (SSSR count). The van der Waals surface area contributed by atoms with Gasteiger partial charge in [0.1, 0.15) is 0 Å². The van der Waals surface area contributed by atoms with Gasteiger partial charge in [0.15, 0.2) is 0 Å². The van der Waals surface area contributed by atoms with Gasteiger partial charge in [-0.3, -0.25) is 9.78 Å². The first-order valence-corrected chi connectivity index (χ1v) is 5.54. The number of carbonyl (C=O) groups is 1. The molecule has 3 N–H and O–H groups in total. The Morgan fingerprint density at radius 2 is 2.44 bits per heavy atom. The molecule has 0 fully saturated rings. The minimum Gasteiger partial charge on any atom is -0.481 e. The molecule has 1 aliphatic carbocycles. The number of rotatable bonds is 3. The van der Waals surface area contributed by atoms with E-state index in [2.05, 4.69) is 4.98 Å². The zero-order chi connectivity index (χ0) is 11.6. The van der Waals surface area contributed by atoms with Crippen LogP contribution in [0.5, 0.6) is 0 Å². The summed E-state index contributed by atoms with van der Waals surface area (Å²) in [5.74, 6) is -0.790. The minimum atomic E-state index is -0.790. The van der Waals surface area contributed by atoms with E-state index in [1.54, 1.807) is 6.20 Å². The molecule has 1 aromatic heterocycles. The zero-order valence-electron chi connectivity index (χ0n) is 9.15. The quantitative estimate of drug-likeness (QED) is 0.799. The number of pyridine rings is 1. The van der Waals surface area contributed by atoms with E-state index >= 15 is 0 Å². The molecule has 0 aromatic carbocycles. The highest BCUT2D eigenvalue weighted by molar-refractivity contribution is 5.69. The summed E-state index contributed by atoms with van der Waals surface area (Å²) in [5, 5.41) is 9.01. The number of carboxylic acids is 1. The molecule has 4 nitrogen and oxygen atoms in total. The summed E-state index contributed by atoms with van der Waals surface area (Å²) >= 11 is 0. The predicted molar refractivity (Wildman–Crippen MR) is 60.2 cm³/mol. The van der Waals surface area contributed by atoms with E-state index in [1.807, 2.05) is 12.1 Å².